The minimum absolute atomic E-state index is 0.00499. The van der Waals surface area contributed by atoms with Crippen molar-refractivity contribution in [3.05, 3.63) is 45.9 Å². The third-order valence-electron chi connectivity index (χ3n) is 4.24. The molecule has 0 fully saturated rings. The van der Waals surface area contributed by atoms with Gasteiger partial charge in [0, 0.05) is 11.6 Å². The lowest BCUT2D eigenvalue weighted by Gasteiger charge is -2.17. The third-order valence-corrected chi connectivity index (χ3v) is 4.96. The van der Waals surface area contributed by atoms with Crippen LogP contribution >= 0.6 is 23.2 Å². The van der Waals surface area contributed by atoms with Crippen LogP contribution in [0.5, 0.6) is 17.2 Å². The van der Waals surface area contributed by atoms with Crippen molar-refractivity contribution >= 4 is 28.9 Å². The van der Waals surface area contributed by atoms with Crippen LogP contribution in [0.4, 0.5) is 5.69 Å². The number of phenolic OH excluding ortho intramolecular Hbond substituents is 1. The van der Waals surface area contributed by atoms with Gasteiger partial charge in [-0.05, 0) is 25.0 Å². The number of rotatable bonds is 11. The molecule has 0 aliphatic carbocycles. The fourth-order valence-corrected chi connectivity index (χ4v) is 3.23. The Balaban J connectivity index is 2.05. The van der Waals surface area contributed by atoms with Crippen LogP contribution in [0.2, 0.25) is 10.0 Å². The van der Waals surface area contributed by atoms with Crippen LogP contribution in [-0.2, 0) is 6.42 Å². The van der Waals surface area contributed by atoms with Crippen molar-refractivity contribution in [2.45, 2.75) is 46.0 Å². The maximum absolute atomic E-state index is 10.4. The van der Waals surface area contributed by atoms with E-state index < -0.39 is 0 Å². The molecule has 0 saturated carbocycles. The highest BCUT2D eigenvalue weighted by molar-refractivity contribution is 6.33. The second-order valence-corrected chi connectivity index (χ2v) is 7.01. The molecular formula is C21H27Cl2NO3. The van der Waals surface area contributed by atoms with Gasteiger partial charge >= 0.3 is 0 Å². The van der Waals surface area contributed by atoms with Gasteiger partial charge in [0.25, 0.3) is 0 Å². The molecule has 148 valence electrons. The largest absolute Gasteiger partial charge is 0.504 e. The molecule has 2 N–H and O–H groups in total. The molecule has 0 atom stereocenters. The first-order valence-electron chi connectivity index (χ1n) is 9.36. The van der Waals surface area contributed by atoms with Crippen molar-refractivity contribution in [1.29, 1.82) is 0 Å². The van der Waals surface area contributed by atoms with E-state index >= 15 is 0 Å². The van der Waals surface area contributed by atoms with Gasteiger partial charge in [-0.15, -0.1) is 0 Å². The molecule has 0 aromatic heterocycles. The van der Waals surface area contributed by atoms with E-state index in [0.29, 0.717) is 40.3 Å². The van der Waals surface area contributed by atoms with E-state index in [1.54, 1.807) is 18.2 Å². The summed E-state index contributed by atoms with van der Waals surface area (Å²) in [6.45, 7) is 4.93. The fraction of sp³-hybridized carbons (Fsp3) is 0.429. The van der Waals surface area contributed by atoms with E-state index in [0.717, 1.165) is 18.4 Å². The van der Waals surface area contributed by atoms with Crippen LogP contribution in [0.3, 0.4) is 0 Å². The van der Waals surface area contributed by atoms with E-state index in [2.05, 4.69) is 12.2 Å². The Bertz CT molecular complexity index is 738. The highest BCUT2D eigenvalue weighted by atomic mass is 35.5. The topological polar surface area (TPSA) is 50.7 Å². The Morgan fingerprint density at radius 2 is 1.78 bits per heavy atom. The van der Waals surface area contributed by atoms with Crippen molar-refractivity contribution in [3.63, 3.8) is 0 Å². The number of hydrogen-bond donors (Lipinski definition) is 2. The van der Waals surface area contributed by atoms with Crippen molar-refractivity contribution in [2.75, 3.05) is 18.7 Å². The highest BCUT2D eigenvalue weighted by Gasteiger charge is 2.16. The number of aromatic hydroxyl groups is 1. The lowest BCUT2D eigenvalue weighted by Crippen LogP contribution is -2.10. The minimum Gasteiger partial charge on any atom is -0.504 e. The Kier molecular flexibility index (Phi) is 8.89. The number of hydrogen-bond acceptors (Lipinski definition) is 4. The zero-order chi connectivity index (χ0) is 19.6. The monoisotopic (exact) mass is 411 g/mol. The number of benzene rings is 2. The summed E-state index contributed by atoms with van der Waals surface area (Å²) in [7, 11) is 0. The summed E-state index contributed by atoms with van der Waals surface area (Å²) < 4.78 is 11.6. The van der Waals surface area contributed by atoms with E-state index in [9.17, 15) is 5.11 Å². The molecule has 0 aliphatic heterocycles. The lowest BCUT2D eigenvalue weighted by molar-refractivity contribution is 0.301. The van der Waals surface area contributed by atoms with Crippen LogP contribution in [0.25, 0.3) is 0 Å². The van der Waals surface area contributed by atoms with Crippen molar-refractivity contribution in [1.82, 2.24) is 0 Å². The summed E-state index contributed by atoms with van der Waals surface area (Å²) in [4.78, 5) is 0. The number of phenols is 1. The molecule has 27 heavy (non-hydrogen) atoms. The van der Waals surface area contributed by atoms with E-state index in [4.69, 9.17) is 32.7 Å². The number of para-hydroxylation sites is 1. The van der Waals surface area contributed by atoms with Crippen LogP contribution in [0, 0.1) is 0 Å². The maximum atomic E-state index is 10.4. The van der Waals surface area contributed by atoms with Crippen LogP contribution in [0.1, 0.15) is 45.1 Å². The van der Waals surface area contributed by atoms with Gasteiger partial charge in [-0.25, -0.2) is 0 Å². The molecular weight excluding hydrogens is 385 g/mol. The van der Waals surface area contributed by atoms with Gasteiger partial charge < -0.3 is 19.9 Å². The molecule has 0 amide bonds. The quantitative estimate of drug-likeness (QED) is 0.246. The summed E-state index contributed by atoms with van der Waals surface area (Å²) in [5, 5.41) is 14.3. The van der Waals surface area contributed by atoms with Gasteiger partial charge in [0.1, 0.15) is 11.5 Å². The number of halogens is 2. The molecule has 2 aromatic rings. The summed E-state index contributed by atoms with van der Waals surface area (Å²) in [6, 6.07) is 8.99. The van der Waals surface area contributed by atoms with Crippen molar-refractivity contribution < 1.29 is 14.6 Å². The average Bonchev–Trinajstić information content (AvgIpc) is 2.67. The van der Waals surface area contributed by atoms with Crippen LogP contribution in [0.15, 0.2) is 30.3 Å². The zero-order valence-corrected chi connectivity index (χ0v) is 17.4. The molecule has 4 nitrogen and oxygen atoms in total. The second kappa shape index (κ2) is 11.2. The zero-order valence-electron chi connectivity index (χ0n) is 15.9. The highest BCUT2D eigenvalue weighted by Crippen LogP contribution is 2.41. The summed E-state index contributed by atoms with van der Waals surface area (Å²) in [5.41, 5.74) is 1.27. The Labute approximate surface area is 171 Å². The molecule has 0 radical (unpaired) electrons. The van der Waals surface area contributed by atoms with Crippen molar-refractivity contribution in [3.8, 4) is 17.2 Å². The summed E-state index contributed by atoms with van der Waals surface area (Å²) >= 11 is 12.4. The van der Waals surface area contributed by atoms with Crippen LogP contribution < -0.4 is 14.8 Å². The Hall–Kier alpha value is -1.78. The predicted octanol–water partition coefficient (Wildman–Crippen LogP) is 6.67. The SMILES string of the molecule is CCCCCCOc1cc(NCOc2ccccc2Cl)c(O)c(Cl)c1CC. The van der Waals surface area contributed by atoms with Gasteiger partial charge in [0.15, 0.2) is 12.5 Å². The van der Waals surface area contributed by atoms with Gasteiger partial charge in [-0.3, -0.25) is 0 Å². The molecule has 0 heterocycles. The summed E-state index contributed by atoms with van der Waals surface area (Å²) in [6.07, 6.45) is 5.19. The second-order valence-electron chi connectivity index (χ2n) is 6.22. The molecule has 0 unspecified atom stereocenters. The van der Waals surface area contributed by atoms with E-state index in [1.165, 1.54) is 12.8 Å². The third kappa shape index (κ3) is 6.12. The minimum atomic E-state index is -0.00499. The standard InChI is InChI=1S/C21H27Cl2NO3/c1-3-5-6-9-12-26-19-13-17(21(25)20(23)15(19)4-2)24-14-27-18-11-8-7-10-16(18)22/h7-8,10-11,13,24-25H,3-6,9,12,14H2,1-2H3. The Morgan fingerprint density at radius 3 is 2.48 bits per heavy atom. The Morgan fingerprint density at radius 1 is 1.00 bits per heavy atom. The van der Waals surface area contributed by atoms with E-state index in [1.807, 2.05) is 19.1 Å². The molecule has 6 heteroatoms. The maximum Gasteiger partial charge on any atom is 0.159 e. The molecule has 2 rings (SSSR count). The first-order valence-corrected chi connectivity index (χ1v) is 10.1. The number of nitrogens with one attached hydrogen (secondary N) is 1. The predicted molar refractivity (Wildman–Crippen MR) is 113 cm³/mol. The summed E-state index contributed by atoms with van der Waals surface area (Å²) in [5.74, 6) is 1.25. The average molecular weight is 412 g/mol. The molecule has 0 spiro atoms. The fourth-order valence-electron chi connectivity index (χ4n) is 2.71. The van der Waals surface area contributed by atoms with Crippen LogP contribution in [-0.4, -0.2) is 18.4 Å². The number of unbranched alkanes of at least 4 members (excludes halogenated alkanes) is 3. The first-order chi connectivity index (χ1) is 13.1. The smallest absolute Gasteiger partial charge is 0.159 e. The lowest BCUT2D eigenvalue weighted by atomic mass is 10.1. The molecule has 0 saturated heterocycles. The number of anilines is 1. The first kappa shape index (κ1) is 21.5. The molecule has 0 aliphatic rings. The normalized spacial score (nSPS) is 10.7. The molecule has 0 bridgehead atoms. The molecule has 2 aromatic carbocycles. The van der Waals surface area contributed by atoms with Gasteiger partial charge in [-0.2, -0.15) is 0 Å². The number of ether oxygens (including phenoxy) is 2. The van der Waals surface area contributed by atoms with Gasteiger partial charge in [-0.1, -0.05) is 68.4 Å². The van der Waals surface area contributed by atoms with Crippen molar-refractivity contribution in [2.24, 2.45) is 0 Å². The van der Waals surface area contributed by atoms with Gasteiger partial charge in [0.05, 0.1) is 22.3 Å². The van der Waals surface area contributed by atoms with E-state index in [-0.39, 0.29) is 12.5 Å². The van der Waals surface area contributed by atoms with Gasteiger partial charge in [0.2, 0.25) is 0 Å².